The number of fused-ring (bicyclic) bond motifs is 1. The van der Waals surface area contributed by atoms with Crippen LogP contribution in [0.2, 0.25) is 5.15 Å². The summed E-state index contributed by atoms with van der Waals surface area (Å²) in [6, 6.07) is 5.15. The molecule has 3 heterocycles. The first kappa shape index (κ1) is 12.9. The van der Waals surface area contributed by atoms with E-state index in [-0.39, 0.29) is 16.7 Å². The van der Waals surface area contributed by atoms with Gasteiger partial charge in [0, 0.05) is 19.3 Å². The lowest BCUT2D eigenvalue weighted by atomic mass is 10.3. The number of aliphatic hydroxyl groups is 1. The number of halogens is 1. The fourth-order valence-corrected chi connectivity index (χ4v) is 4.32. The molecule has 0 bridgehead atoms. The Kier molecular flexibility index (Phi) is 3.01. The highest BCUT2D eigenvalue weighted by Gasteiger charge is 2.35. The summed E-state index contributed by atoms with van der Waals surface area (Å²) in [4.78, 5) is 4.03. The van der Waals surface area contributed by atoms with Gasteiger partial charge in [-0.2, -0.15) is 4.31 Å². The number of aromatic nitrogens is 2. The molecule has 102 valence electrons. The Balaban J connectivity index is 2.16. The molecule has 1 N–H and O–H groups in total. The second kappa shape index (κ2) is 4.45. The zero-order valence-electron chi connectivity index (χ0n) is 9.90. The van der Waals surface area contributed by atoms with Crippen LogP contribution in [0.3, 0.4) is 0 Å². The highest BCUT2D eigenvalue weighted by Crippen LogP contribution is 2.27. The number of hydrogen-bond acceptors (Lipinski definition) is 4. The zero-order valence-corrected chi connectivity index (χ0v) is 11.5. The van der Waals surface area contributed by atoms with Gasteiger partial charge in [-0.3, -0.25) is 4.40 Å². The molecule has 0 aromatic carbocycles. The molecule has 19 heavy (non-hydrogen) atoms. The molecule has 1 aliphatic heterocycles. The van der Waals surface area contributed by atoms with Gasteiger partial charge in [0.1, 0.15) is 5.65 Å². The zero-order chi connectivity index (χ0) is 13.6. The number of sulfonamides is 1. The van der Waals surface area contributed by atoms with E-state index in [4.69, 9.17) is 11.6 Å². The summed E-state index contributed by atoms with van der Waals surface area (Å²) in [5, 5.41) is 9.39. The second-order valence-electron chi connectivity index (χ2n) is 4.44. The van der Waals surface area contributed by atoms with Crippen molar-refractivity contribution < 1.29 is 13.5 Å². The molecule has 0 radical (unpaired) electrons. The maximum atomic E-state index is 12.5. The van der Waals surface area contributed by atoms with Crippen LogP contribution < -0.4 is 0 Å². The predicted octanol–water partition coefficient (Wildman–Crippen LogP) is 0.743. The average Bonchev–Trinajstić information content (AvgIpc) is 2.92. The predicted molar refractivity (Wildman–Crippen MR) is 69.6 cm³/mol. The van der Waals surface area contributed by atoms with Crippen molar-refractivity contribution >= 4 is 27.3 Å². The van der Waals surface area contributed by atoms with Crippen LogP contribution in [0.5, 0.6) is 0 Å². The maximum Gasteiger partial charge on any atom is 0.262 e. The summed E-state index contributed by atoms with van der Waals surface area (Å²) in [5.74, 6) is 0. The Labute approximate surface area is 115 Å². The van der Waals surface area contributed by atoms with Crippen LogP contribution in [0.15, 0.2) is 29.4 Å². The fraction of sp³-hybridized carbons (Fsp3) is 0.364. The van der Waals surface area contributed by atoms with E-state index in [1.807, 2.05) is 0 Å². The van der Waals surface area contributed by atoms with Crippen molar-refractivity contribution in [3.8, 4) is 0 Å². The first-order valence-corrected chi connectivity index (χ1v) is 7.63. The molecule has 3 rings (SSSR count). The number of β-amino-alcohol motifs (C(OH)–C–C–N with tert-alkyl or cyclic N) is 1. The fourth-order valence-electron chi connectivity index (χ4n) is 2.23. The Hall–Kier alpha value is -1.15. The highest BCUT2D eigenvalue weighted by atomic mass is 35.5. The van der Waals surface area contributed by atoms with Crippen molar-refractivity contribution in [3.63, 3.8) is 0 Å². The van der Waals surface area contributed by atoms with Gasteiger partial charge in [0.15, 0.2) is 10.2 Å². The molecule has 1 fully saturated rings. The third-order valence-corrected chi connectivity index (χ3v) is 5.42. The van der Waals surface area contributed by atoms with Crippen LogP contribution in [-0.2, 0) is 10.0 Å². The Bertz CT molecular complexity index is 728. The Morgan fingerprint density at radius 1 is 1.42 bits per heavy atom. The third-order valence-electron chi connectivity index (χ3n) is 3.16. The summed E-state index contributed by atoms with van der Waals surface area (Å²) in [5.41, 5.74) is 0.478. The molecule has 1 atom stereocenters. The van der Waals surface area contributed by atoms with E-state index >= 15 is 0 Å². The largest absolute Gasteiger partial charge is 0.392 e. The summed E-state index contributed by atoms with van der Waals surface area (Å²) in [6.07, 6.45) is 1.43. The molecule has 0 saturated carbocycles. The van der Waals surface area contributed by atoms with E-state index in [1.165, 1.54) is 8.71 Å². The molecule has 6 nitrogen and oxygen atoms in total. The molecule has 1 aliphatic rings. The SMILES string of the molecule is O=S(=O)(c1c(Cl)nc2ccccn12)N1CC[C@H](O)C1. The van der Waals surface area contributed by atoms with Crippen LogP contribution in [-0.4, -0.2) is 46.4 Å². The normalized spacial score (nSPS) is 21.3. The second-order valence-corrected chi connectivity index (χ2v) is 6.65. The minimum Gasteiger partial charge on any atom is -0.392 e. The lowest BCUT2D eigenvalue weighted by Gasteiger charge is -2.15. The molecule has 0 aliphatic carbocycles. The van der Waals surface area contributed by atoms with E-state index < -0.39 is 16.1 Å². The lowest BCUT2D eigenvalue weighted by Crippen LogP contribution is -2.30. The van der Waals surface area contributed by atoms with Crippen LogP contribution in [0.25, 0.3) is 5.65 Å². The summed E-state index contributed by atoms with van der Waals surface area (Å²) in [6.45, 7) is 0.388. The van der Waals surface area contributed by atoms with Gasteiger partial charge in [0.2, 0.25) is 0 Å². The summed E-state index contributed by atoms with van der Waals surface area (Å²) >= 11 is 5.97. The van der Waals surface area contributed by atoms with Crippen molar-refractivity contribution in [1.82, 2.24) is 13.7 Å². The van der Waals surface area contributed by atoms with Crippen molar-refractivity contribution in [2.24, 2.45) is 0 Å². The summed E-state index contributed by atoms with van der Waals surface area (Å²) in [7, 11) is -3.74. The number of rotatable bonds is 2. The van der Waals surface area contributed by atoms with E-state index in [1.54, 1.807) is 24.4 Å². The number of aliphatic hydroxyl groups excluding tert-OH is 1. The minimum absolute atomic E-state index is 0.0427. The van der Waals surface area contributed by atoms with E-state index in [0.717, 1.165) is 0 Å². The number of nitrogens with zero attached hydrogens (tertiary/aromatic N) is 3. The molecule has 0 unspecified atom stereocenters. The third kappa shape index (κ3) is 2.02. The molecule has 0 spiro atoms. The topological polar surface area (TPSA) is 74.9 Å². The average molecular weight is 302 g/mol. The smallest absolute Gasteiger partial charge is 0.262 e. The van der Waals surface area contributed by atoms with Gasteiger partial charge >= 0.3 is 0 Å². The molecule has 2 aromatic heterocycles. The van der Waals surface area contributed by atoms with Crippen LogP contribution in [0, 0.1) is 0 Å². The quantitative estimate of drug-likeness (QED) is 0.888. The molecule has 0 amide bonds. The van der Waals surface area contributed by atoms with Crippen molar-refractivity contribution in [2.45, 2.75) is 17.6 Å². The minimum atomic E-state index is -3.74. The van der Waals surface area contributed by atoms with Gasteiger partial charge in [-0.1, -0.05) is 17.7 Å². The lowest BCUT2D eigenvalue weighted by molar-refractivity contribution is 0.189. The van der Waals surface area contributed by atoms with E-state index in [2.05, 4.69) is 4.98 Å². The van der Waals surface area contributed by atoms with Gasteiger partial charge in [-0.05, 0) is 18.6 Å². The first-order valence-electron chi connectivity index (χ1n) is 5.81. The highest BCUT2D eigenvalue weighted by molar-refractivity contribution is 7.89. The standard InChI is InChI=1S/C11H12ClN3O3S/c12-10-11(15-5-2-1-3-9(15)13-10)19(17,18)14-6-4-8(16)7-14/h1-3,5,8,16H,4,6-7H2/t8-/m0/s1. The first-order chi connectivity index (χ1) is 9.00. The van der Waals surface area contributed by atoms with Crippen LogP contribution in [0.4, 0.5) is 0 Å². The van der Waals surface area contributed by atoms with Crippen molar-refractivity contribution in [3.05, 3.63) is 29.5 Å². The number of pyridine rings is 1. The molecule has 8 heteroatoms. The van der Waals surface area contributed by atoms with Gasteiger partial charge < -0.3 is 5.11 Å². The van der Waals surface area contributed by atoms with Crippen molar-refractivity contribution in [2.75, 3.05) is 13.1 Å². The number of imidazole rings is 1. The van der Waals surface area contributed by atoms with Gasteiger partial charge in [0.25, 0.3) is 10.0 Å². The maximum absolute atomic E-state index is 12.5. The van der Waals surface area contributed by atoms with Gasteiger partial charge in [-0.15, -0.1) is 0 Å². The molecule has 2 aromatic rings. The van der Waals surface area contributed by atoms with E-state index in [0.29, 0.717) is 18.6 Å². The molecular weight excluding hydrogens is 290 g/mol. The van der Waals surface area contributed by atoms with Crippen LogP contribution in [0.1, 0.15) is 6.42 Å². The van der Waals surface area contributed by atoms with E-state index in [9.17, 15) is 13.5 Å². The monoisotopic (exact) mass is 301 g/mol. The van der Waals surface area contributed by atoms with Gasteiger partial charge in [-0.25, -0.2) is 13.4 Å². The Morgan fingerprint density at radius 3 is 2.89 bits per heavy atom. The van der Waals surface area contributed by atoms with Gasteiger partial charge in [0.05, 0.1) is 6.10 Å². The van der Waals surface area contributed by atoms with Crippen LogP contribution >= 0.6 is 11.6 Å². The Morgan fingerprint density at radius 2 is 2.21 bits per heavy atom. The number of hydrogen-bond donors (Lipinski definition) is 1. The van der Waals surface area contributed by atoms with Crippen molar-refractivity contribution in [1.29, 1.82) is 0 Å². The molecular formula is C11H12ClN3O3S. The summed E-state index contributed by atoms with van der Waals surface area (Å²) < 4.78 is 27.8. The molecule has 1 saturated heterocycles.